The smallest absolute Gasteiger partial charge is 0.261 e. The van der Waals surface area contributed by atoms with Crippen molar-refractivity contribution in [3.63, 3.8) is 0 Å². The maximum absolute atomic E-state index is 12.4. The van der Waals surface area contributed by atoms with Gasteiger partial charge >= 0.3 is 0 Å². The standard InChI is InChI=1S/C15H18N2O3/c1-5-11-14(10(3)20-17-11)15(18)16-12-8-9(2)6-7-13(12)19-4/h6-8H,5H2,1-4H3,(H,16,18). The predicted molar refractivity (Wildman–Crippen MR) is 76.3 cm³/mol. The molecule has 1 amide bonds. The van der Waals surface area contributed by atoms with E-state index in [-0.39, 0.29) is 5.91 Å². The van der Waals surface area contributed by atoms with Gasteiger partial charge in [-0.25, -0.2) is 0 Å². The molecular weight excluding hydrogens is 256 g/mol. The van der Waals surface area contributed by atoms with Crippen molar-refractivity contribution < 1.29 is 14.1 Å². The molecule has 2 aromatic rings. The molecular formula is C15H18N2O3. The number of benzene rings is 1. The number of nitrogens with zero attached hydrogens (tertiary/aromatic N) is 1. The molecule has 1 heterocycles. The number of methoxy groups -OCH3 is 1. The Morgan fingerprint density at radius 3 is 2.80 bits per heavy atom. The third-order valence-electron chi connectivity index (χ3n) is 3.10. The molecule has 0 aliphatic carbocycles. The Morgan fingerprint density at radius 2 is 2.15 bits per heavy atom. The Morgan fingerprint density at radius 1 is 1.40 bits per heavy atom. The second kappa shape index (κ2) is 5.77. The molecule has 0 saturated carbocycles. The normalized spacial score (nSPS) is 10.4. The Hall–Kier alpha value is -2.30. The van der Waals surface area contributed by atoms with Gasteiger partial charge in [0.1, 0.15) is 17.1 Å². The predicted octanol–water partition coefficient (Wildman–Crippen LogP) is 3.11. The van der Waals surface area contributed by atoms with E-state index in [2.05, 4.69) is 10.5 Å². The van der Waals surface area contributed by atoms with Crippen LogP contribution in [0.3, 0.4) is 0 Å². The molecule has 0 saturated heterocycles. The third kappa shape index (κ3) is 2.66. The summed E-state index contributed by atoms with van der Waals surface area (Å²) in [5, 5.41) is 6.75. The highest BCUT2D eigenvalue weighted by atomic mass is 16.5. The van der Waals surface area contributed by atoms with Crippen molar-refractivity contribution in [1.29, 1.82) is 0 Å². The van der Waals surface area contributed by atoms with E-state index in [9.17, 15) is 4.79 Å². The van der Waals surface area contributed by atoms with Crippen molar-refractivity contribution in [2.75, 3.05) is 12.4 Å². The fourth-order valence-electron chi connectivity index (χ4n) is 2.05. The third-order valence-corrected chi connectivity index (χ3v) is 3.10. The Kier molecular flexibility index (Phi) is 4.08. The van der Waals surface area contributed by atoms with Crippen molar-refractivity contribution in [3.8, 4) is 5.75 Å². The van der Waals surface area contributed by atoms with Gasteiger partial charge in [0.15, 0.2) is 0 Å². The summed E-state index contributed by atoms with van der Waals surface area (Å²) in [4.78, 5) is 12.4. The minimum Gasteiger partial charge on any atom is -0.495 e. The first-order valence-corrected chi connectivity index (χ1v) is 6.48. The molecule has 1 aromatic carbocycles. The number of amides is 1. The number of anilines is 1. The van der Waals surface area contributed by atoms with E-state index in [1.807, 2.05) is 32.0 Å². The molecule has 0 radical (unpaired) electrons. The average molecular weight is 274 g/mol. The molecule has 2 rings (SSSR count). The van der Waals surface area contributed by atoms with Crippen molar-refractivity contribution in [2.45, 2.75) is 27.2 Å². The van der Waals surface area contributed by atoms with Crippen molar-refractivity contribution in [3.05, 3.63) is 40.8 Å². The summed E-state index contributed by atoms with van der Waals surface area (Å²) in [5.41, 5.74) is 2.83. The lowest BCUT2D eigenvalue weighted by atomic mass is 10.1. The van der Waals surface area contributed by atoms with Gasteiger partial charge < -0.3 is 14.6 Å². The van der Waals surface area contributed by atoms with E-state index in [1.54, 1.807) is 14.0 Å². The van der Waals surface area contributed by atoms with Crippen LogP contribution in [-0.2, 0) is 6.42 Å². The second-order valence-electron chi connectivity index (χ2n) is 4.57. The Bertz CT molecular complexity index is 632. The van der Waals surface area contributed by atoms with E-state index in [4.69, 9.17) is 9.26 Å². The number of aryl methyl sites for hydroxylation is 3. The minimum absolute atomic E-state index is 0.232. The van der Waals surface area contributed by atoms with Gasteiger partial charge in [0, 0.05) is 0 Å². The van der Waals surface area contributed by atoms with Crippen molar-refractivity contribution in [2.24, 2.45) is 0 Å². The first-order valence-electron chi connectivity index (χ1n) is 6.48. The zero-order valence-corrected chi connectivity index (χ0v) is 12.1. The summed E-state index contributed by atoms with van der Waals surface area (Å²) in [5.74, 6) is 0.909. The van der Waals surface area contributed by atoms with Gasteiger partial charge in [0.05, 0.1) is 18.5 Å². The van der Waals surface area contributed by atoms with Gasteiger partial charge in [-0.2, -0.15) is 0 Å². The lowest BCUT2D eigenvalue weighted by molar-refractivity contribution is 0.102. The molecule has 0 unspecified atom stereocenters. The largest absolute Gasteiger partial charge is 0.495 e. The summed E-state index contributed by atoms with van der Waals surface area (Å²) in [6.45, 7) is 5.62. The zero-order chi connectivity index (χ0) is 14.7. The number of carbonyl (C=O) groups is 1. The summed E-state index contributed by atoms with van der Waals surface area (Å²) in [6, 6.07) is 5.62. The van der Waals surface area contributed by atoms with Crippen LogP contribution in [0, 0.1) is 13.8 Å². The number of hydrogen-bond donors (Lipinski definition) is 1. The van der Waals surface area contributed by atoms with Gasteiger partial charge in [0.2, 0.25) is 0 Å². The molecule has 0 fully saturated rings. The lowest BCUT2D eigenvalue weighted by Crippen LogP contribution is -2.15. The van der Waals surface area contributed by atoms with E-state index in [1.165, 1.54) is 0 Å². The fraction of sp³-hybridized carbons (Fsp3) is 0.333. The first-order chi connectivity index (χ1) is 9.56. The summed E-state index contributed by atoms with van der Waals surface area (Å²) < 4.78 is 10.3. The Labute approximate surface area is 117 Å². The zero-order valence-electron chi connectivity index (χ0n) is 12.1. The van der Waals surface area contributed by atoms with Crippen LogP contribution in [0.25, 0.3) is 0 Å². The molecule has 0 atom stereocenters. The molecule has 1 aromatic heterocycles. The van der Waals surface area contributed by atoms with Crippen molar-refractivity contribution >= 4 is 11.6 Å². The number of aromatic nitrogens is 1. The highest BCUT2D eigenvalue weighted by Crippen LogP contribution is 2.26. The van der Waals surface area contributed by atoms with E-state index in [0.29, 0.717) is 34.9 Å². The Balaban J connectivity index is 2.32. The van der Waals surface area contributed by atoms with Gasteiger partial charge in [-0.15, -0.1) is 0 Å². The molecule has 1 N–H and O–H groups in total. The van der Waals surface area contributed by atoms with Gasteiger partial charge in [0.25, 0.3) is 5.91 Å². The molecule has 0 spiro atoms. The van der Waals surface area contributed by atoms with E-state index < -0.39 is 0 Å². The average Bonchev–Trinajstić information content (AvgIpc) is 2.80. The molecule has 0 bridgehead atoms. The molecule has 20 heavy (non-hydrogen) atoms. The van der Waals surface area contributed by atoms with Crippen LogP contribution in [0.15, 0.2) is 22.7 Å². The van der Waals surface area contributed by atoms with Crippen LogP contribution in [0.5, 0.6) is 5.75 Å². The van der Waals surface area contributed by atoms with Gasteiger partial charge in [-0.05, 0) is 38.0 Å². The molecule has 5 heteroatoms. The number of ether oxygens (including phenoxy) is 1. The van der Waals surface area contributed by atoms with Crippen LogP contribution in [0.4, 0.5) is 5.69 Å². The monoisotopic (exact) mass is 274 g/mol. The van der Waals surface area contributed by atoms with Gasteiger partial charge in [-0.3, -0.25) is 4.79 Å². The highest BCUT2D eigenvalue weighted by molar-refractivity contribution is 6.06. The minimum atomic E-state index is -0.232. The summed E-state index contributed by atoms with van der Waals surface area (Å²) in [7, 11) is 1.57. The summed E-state index contributed by atoms with van der Waals surface area (Å²) >= 11 is 0. The number of hydrogen-bond acceptors (Lipinski definition) is 4. The molecule has 106 valence electrons. The van der Waals surface area contributed by atoms with Crippen LogP contribution in [-0.4, -0.2) is 18.2 Å². The highest BCUT2D eigenvalue weighted by Gasteiger charge is 2.20. The maximum atomic E-state index is 12.4. The molecule has 0 aliphatic heterocycles. The molecule has 5 nitrogen and oxygen atoms in total. The lowest BCUT2D eigenvalue weighted by Gasteiger charge is -2.11. The van der Waals surface area contributed by atoms with Crippen LogP contribution >= 0.6 is 0 Å². The quantitative estimate of drug-likeness (QED) is 0.930. The van der Waals surface area contributed by atoms with Crippen LogP contribution in [0.1, 0.15) is 34.3 Å². The van der Waals surface area contributed by atoms with Gasteiger partial charge in [-0.1, -0.05) is 18.1 Å². The molecule has 0 aliphatic rings. The first kappa shape index (κ1) is 14.1. The number of nitrogens with one attached hydrogen (secondary N) is 1. The topological polar surface area (TPSA) is 64.4 Å². The SMILES string of the molecule is CCc1noc(C)c1C(=O)Nc1cc(C)ccc1OC. The summed E-state index contributed by atoms with van der Waals surface area (Å²) in [6.07, 6.45) is 0.644. The maximum Gasteiger partial charge on any atom is 0.261 e. The fourth-order valence-corrected chi connectivity index (χ4v) is 2.05. The van der Waals surface area contributed by atoms with E-state index >= 15 is 0 Å². The van der Waals surface area contributed by atoms with E-state index in [0.717, 1.165) is 5.56 Å². The number of carbonyl (C=O) groups excluding carboxylic acids is 1. The number of rotatable bonds is 4. The second-order valence-corrected chi connectivity index (χ2v) is 4.57. The van der Waals surface area contributed by atoms with Crippen LogP contribution in [0.2, 0.25) is 0 Å². The van der Waals surface area contributed by atoms with Crippen LogP contribution < -0.4 is 10.1 Å². The van der Waals surface area contributed by atoms with Crippen molar-refractivity contribution in [1.82, 2.24) is 5.16 Å².